The lowest BCUT2D eigenvalue weighted by Gasteiger charge is -2.21. The van der Waals surface area contributed by atoms with Crippen LogP contribution in [0, 0.1) is 0 Å². The minimum atomic E-state index is -0.302. The number of hydrogen-bond acceptors (Lipinski definition) is 4. The smallest absolute Gasteiger partial charge is 0.332 e. The maximum Gasteiger partial charge on any atom is 0.332 e. The second-order valence-corrected chi connectivity index (χ2v) is 3.31. The molecule has 0 aromatic carbocycles. The van der Waals surface area contributed by atoms with Gasteiger partial charge >= 0.3 is 5.97 Å². The lowest BCUT2D eigenvalue weighted by molar-refractivity contribution is -0.150. The summed E-state index contributed by atoms with van der Waals surface area (Å²) in [5, 5.41) is 0. The van der Waals surface area contributed by atoms with Gasteiger partial charge in [0.1, 0.15) is 6.61 Å². The molecule has 0 aromatic rings. The molecule has 0 saturated carbocycles. The third kappa shape index (κ3) is 4.58. The summed E-state index contributed by atoms with van der Waals surface area (Å²) in [6.45, 7) is 3.53. The Hall–Kier alpha value is -0.610. The van der Waals surface area contributed by atoms with Crippen LogP contribution in [-0.2, 0) is 19.0 Å². The van der Waals surface area contributed by atoms with Crippen LogP contribution in [0.2, 0.25) is 0 Å². The van der Waals surface area contributed by atoms with Gasteiger partial charge in [0.2, 0.25) is 0 Å². The highest BCUT2D eigenvalue weighted by Gasteiger charge is 2.14. The van der Waals surface area contributed by atoms with Crippen LogP contribution >= 0.6 is 0 Å². The van der Waals surface area contributed by atoms with Gasteiger partial charge < -0.3 is 14.2 Å². The molecule has 14 heavy (non-hydrogen) atoms. The van der Waals surface area contributed by atoms with Gasteiger partial charge in [0.05, 0.1) is 19.3 Å². The van der Waals surface area contributed by atoms with E-state index in [0.29, 0.717) is 13.2 Å². The zero-order valence-corrected chi connectivity index (χ0v) is 8.66. The fraction of sp³-hybridized carbons (Fsp3) is 0.900. The van der Waals surface area contributed by atoms with E-state index in [4.69, 9.17) is 14.2 Å². The lowest BCUT2D eigenvalue weighted by atomic mass is 10.1. The topological polar surface area (TPSA) is 44.8 Å². The van der Waals surface area contributed by atoms with E-state index in [1.165, 1.54) is 6.42 Å². The van der Waals surface area contributed by atoms with Crippen LogP contribution < -0.4 is 0 Å². The van der Waals surface area contributed by atoms with Gasteiger partial charge in [-0.2, -0.15) is 0 Å². The van der Waals surface area contributed by atoms with Crippen molar-refractivity contribution in [3.63, 3.8) is 0 Å². The monoisotopic (exact) mass is 202 g/mol. The zero-order chi connectivity index (χ0) is 10.2. The third-order valence-electron chi connectivity index (χ3n) is 2.10. The summed E-state index contributed by atoms with van der Waals surface area (Å²) in [6.07, 6.45) is 3.52. The molecular weight excluding hydrogens is 184 g/mol. The van der Waals surface area contributed by atoms with Gasteiger partial charge in [-0.3, -0.25) is 0 Å². The van der Waals surface area contributed by atoms with Gasteiger partial charge in [0.15, 0.2) is 0 Å². The number of carbonyl (C=O) groups excluding carboxylic acids is 1. The van der Waals surface area contributed by atoms with E-state index in [2.05, 4.69) is 0 Å². The van der Waals surface area contributed by atoms with E-state index in [1.54, 1.807) is 6.92 Å². The first-order valence-electron chi connectivity index (χ1n) is 5.18. The number of esters is 1. The van der Waals surface area contributed by atoms with Gasteiger partial charge in [-0.25, -0.2) is 4.79 Å². The van der Waals surface area contributed by atoms with Crippen LogP contribution in [0.5, 0.6) is 0 Å². The first-order chi connectivity index (χ1) is 6.83. The molecule has 82 valence electrons. The minimum absolute atomic E-state index is 0.0354. The fourth-order valence-corrected chi connectivity index (χ4v) is 1.42. The molecule has 0 bridgehead atoms. The second kappa shape index (κ2) is 6.79. The molecule has 1 heterocycles. The third-order valence-corrected chi connectivity index (χ3v) is 2.10. The largest absolute Gasteiger partial charge is 0.464 e. The van der Waals surface area contributed by atoms with Crippen LogP contribution in [0.3, 0.4) is 0 Å². The van der Waals surface area contributed by atoms with Gasteiger partial charge in [0, 0.05) is 6.61 Å². The van der Waals surface area contributed by atoms with Crippen molar-refractivity contribution in [1.82, 2.24) is 0 Å². The van der Waals surface area contributed by atoms with Crippen LogP contribution in [0.25, 0.3) is 0 Å². The van der Waals surface area contributed by atoms with Crippen LogP contribution in [0.4, 0.5) is 0 Å². The van der Waals surface area contributed by atoms with Crippen molar-refractivity contribution < 1.29 is 19.0 Å². The van der Waals surface area contributed by atoms with Gasteiger partial charge in [-0.05, 0) is 26.2 Å². The lowest BCUT2D eigenvalue weighted by Crippen LogP contribution is -2.26. The van der Waals surface area contributed by atoms with Crippen LogP contribution in [-0.4, -0.2) is 38.5 Å². The Bertz CT molecular complexity index is 164. The van der Waals surface area contributed by atoms with Crippen molar-refractivity contribution in [2.24, 2.45) is 0 Å². The average molecular weight is 202 g/mol. The molecule has 1 aliphatic rings. The predicted octanol–water partition coefficient (Wildman–Crippen LogP) is 1.14. The molecule has 0 N–H and O–H groups in total. The number of rotatable bonds is 5. The Balaban J connectivity index is 1.99. The molecule has 1 saturated heterocycles. The molecule has 0 aromatic heterocycles. The van der Waals surface area contributed by atoms with Gasteiger partial charge in [-0.15, -0.1) is 0 Å². The highest BCUT2D eigenvalue weighted by Crippen LogP contribution is 2.12. The maximum atomic E-state index is 10.9. The summed E-state index contributed by atoms with van der Waals surface area (Å²) in [7, 11) is 0. The molecule has 1 rings (SSSR count). The SMILES string of the molecule is CCOC(=O)COC[C@@H]1CCCCO1. The summed E-state index contributed by atoms with van der Waals surface area (Å²) >= 11 is 0. The molecule has 1 atom stereocenters. The minimum Gasteiger partial charge on any atom is -0.464 e. The summed E-state index contributed by atoms with van der Waals surface area (Å²) < 4.78 is 15.4. The summed E-state index contributed by atoms with van der Waals surface area (Å²) in [5.74, 6) is -0.302. The number of ether oxygens (including phenoxy) is 3. The van der Waals surface area contributed by atoms with E-state index < -0.39 is 0 Å². The summed E-state index contributed by atoms with van der Waals surface area (Å²) in [5.41, 5.74) is 0. The van der Waals surface area contributed by atoms with Crippen LogP contribution in [0.1, 0.15) is 26.2 Å². The summed E-state index contributed by atoms with van der Waals surface area (Å²) in [6, 6.07) is 0. The molecule has 0 radical (unpaired) electrons. The molecule has 1 aliphatic heterocycles. The Morgan fingerprint density at radius 1 is 1.50 bits per heavy atom. The standard InChI is InChI=1S/C10H18O4/c1-2-13-10(11)8-12-7-9-5-3-4-6-14-9/h9H,2-8H2,1H3/t9-/m0/s1. The maximum absolute atomic E-state index is 10.9. The molecule has 4 nitrogen and oxygen atoms in total. The zero-order valence-electron chi connectivity index (χ0n) is 8.66. The van der Waals surface area contributed by atoms with Gasteiger partial charge in [0.25, 0.3) is 0 Å². The van der Waals surface area contributed by atoms with Crippen LogP contribution in [0.15, 0.2) is 0 Å². The predicted molar refractivity (Wildman–Crippen MR) is 51.0 cm³/mol. The molecule has 1 fully saturated rings. The molecule has 0 spiro atoms. The van der Waals surface area contributed by atoms with Crippen molar-refractivity contribution in [3.05, 3.63) is 0 Å². The van der Waals surface area contributed by atoms with Crippen molar-refractivity contribution in [2.45, 2.75) is 32.3 Å². The number of hydrogen-bond donors (Lipinski definition) is 0. The second-order valence-electron chi connectivity index (χ2n) is 3.31. The first-order valence-corrected chi connectivity index (χ1v) is 5.18. The van der Waals surface area contributed by atoms with Crippen molar-refractivity contribution in [3.8, 4) is 0 Å². The number of carbonyl (C=O) groups is 1. The Morgan fingerprint density at radius 3 is 3.00 bits per heavy atom. The van der Waals surface area contributed by atoms with Gasteiger partial charge in [-0.1, -0.05) is 0 Å². The highest BCUT2D eigenvalue weighted by molar-refractivity contribution is 5.70. The first kappa shape index (κ1) is 11.5. The molecular formula is C10H18O4. The average Bonchev–Trinajstić information content (AvgIpc) is 2.20. The molecule has 0 aliphatic carbocycles. The highest BCUT2D eigenvalue weighted by atomic mass is 16.6. The quantitative estimate of drug-likeness (QED) is 0.627. The molecule has 4 heteroatoms. The van der Waals surface area contributed by atoms with Crippen molar-refractivity contribution in [2.75, 3.05) is 26.4 Å². The molecule has 0 unspecified atom stereocenters. The molecule has 0 amide bonds. The Morgan fingerprint density at radius 2 is 2.36 bits per heavy atom. The Labute approximate surface area is 84.5 Å². The van der Waals surface area contributed by atoms with E-state index >= 15 is 0 Å². The van der Waals surface area contributed by atoms with E-state index in [-0.39, 0.29) is 18.7 Å². The normalized spacial score (nSPS) is 21.9. The van der Waals surface area contributed by atoms with E-state index in [0.717, 1.165) is 19.4 Å². The van der Waals surface area contributed by atoms with Crippen molar-refractivity contribution >= 4 is 5.97 Å². The van der Waals surface area contributed by atoms with Crippen molar-refractivity contribution in [1.29, 1.82) is 0 Å². The summed E-state index contributed by atoms with van der Waals surface area (Å²) in [4.78, 5) is 10.9. The van der Waals surface area contributed by atoms with E-state index in [1.807, 2.05) is 0 Å². The van der Waals surface area contributed by atoms with E-state index in [9.17, 15) is 4.79 Å². The fourth-order valence-electron chi connectivity index (χ4n) is 1.42. The Kier molecular flexibility index (Phi) is 5.56.